The number of alkyl carbamates (subject to hydrolysis) is 1. The molecule has 0 aliphatic rings. The van der Waals surface area contributed by atoms with Gasteiger partial charge < -0.3 is 15.4 Å². The van der Waals surface area contributed by atoms with Crippen molar-refractivity contribution in [2.45, 2.75) is 52.7 Å². The van der Waals surface area contributed by atoms with Crippen LogP contribution in [-0.4, -0.2) is 29.9 Å². The molecule has 7 heteroatoms. The SMILES string of the molecule is CC[C@H](C)[C@H](NC(=O)OC(C)(C)C)C(=O)Nc1ccc(F)cc1C=O. The van der Waals surface area contributed by atoms with Crippen LogP contribution in [0.4, 0.5) is 14.9 Å². The van der Waals surface area contributed by atoms with E-state index in [-0.39, 0.29) is 17.2 Å². The molecule has 0 saturated heterocycles. The molecule has 0 radical (unpaired) electrons. The van der Waals surface area contributed by atoms with Gasteiger partial charge in [-0.1, -0.05) is 20.3 Å². The largest absolute Gasteiger partial charge is 0.444 e. The maximum Gasteiger partial charge on any atom is 0.408 e. The second kappa shape index (κ2) is 8.60. The molecule has 0 saturated carbocycles. The second-order valence-corrected chi connectivity index (χ2v) is 6.85. The van der Waals surface area contributed by atoms with Crippen LogP contribution in [0, 0.1) is 11.7 Å². The van der Waals surface area contributed by atoms with Crippen LogP contribution in [0.3, 0.4) is 0 Å². The van der Waals surface area contributed by atoms with Gasteiger partial charge in [-0.2, -0.15) is 0 Å². The summed E-state index contributed by atoms with van der Waals surface area (Å²) in [4.78, 5) is 35.6. The van der Waals surface area contributed by atoms with Crippen LogP contribution in [0.15, 0.2) is 18.2 Å². The monoisotopic (exact) mass is 352 g/mol. The molecule has 0 aliphatic carbocycles. The van der Waals surface area contributed by atoms with Crippen LogP contribution in [0.25, 0.3) is 0 Å². The molecule has 0 unspecified atom stereocenters. The minimum Gasteiger partial charge on any atom is -0.444 e. The van der Waals surface area contributed by atoms with Gasteiger partial charge in [0.15, 0.2) is 6.29 Å². The first-order chi connectivity index (χ1) is 11.6. The number of halogens is 1. The lowest BCUT2D eigenvalue weighted by atomic mass is 9.98. The van der Waals surface area contributed by atoms with Crippen LogP contribution >= 0.6 is 0 Å². The highest BCUT2D eigenvalue weighted by Gasteiger charge is 2.28. The maximum atomic E-state index is 13.2. The maximum absolute atomic E-state index is 13.2. The zero-order valence-electron chi connectivity index (χ0n) is 15.2. The van der Waals surface area contributed by atoms with Gasteiger partial charge in [0.25, 0.3) is 0 Å². The molecule has 0 bridgehead atoms. The fraction of sp³-hybridized carbons (Fsp3) is 0.500. The zero-order chi connectivity index (χ0) is 19.2. The third kappa shape index (κ3) is 6.52. The van der Waals surface area contributed by atoms with Gasteiger partial charge in [0, 0.05) is 5.56 Å². The number of hydrogen-bond donors (Lipinski definition) is 2. The predicted molar refractivity (Wildman–Crippen MR) is 93.0 cm³/mol. The summed E-state index contributed by atoms with van der Waals surface area (Å²) in [5, 5.41) is 5.12. The van der Waals surface area contributed by atoms with E-state index in [1.807, 2.05) is 13.8 Å². The van der Waals surface area contributed by atoms with E-state index < -0.39 is 29.5 Å². The predicted octanol–water partition coefficient (Wildman–Crippen LogP) is 3.52. The summed E-state index contributed by atoms with van der Waals surface area (Å²) in [6.07, 6.45) is 0.387. The van der Waals surface area contributed by atoms with Crippen LogP contribution < -0.4 is 10.6 Å². The van der Waals surface area contributed by atoms with Crippen molar-refractivity contribution in [2.75, 3.05) is 5.32 Å². The van der Waals surface area contributed by atoms with E-state index in [0.717, 1.165) is 12.1 Å². The Hall–Kier alpha value is -2.44. The van der Waals surface area contributed by atoms with Crippen molar-refractivity contribution in [3.05, 3.63) is 29.6 Å². The second-order valence-electron chi connectivity index (χ2n) is 6.85. The number of rotatable bonds is 6. The van der Waals surface area contributed by atoms with Gasteiger partial charge >= 0.3 is 6.09 Å². The molecule has 25 heavy (non-hydrogen) atoms. The summed E-state index contributed by atoms with van der Waals surface area (Å²) >= 11 is 0. The number of amides is 2. The van der Waals surface area contributed by atoms with Gasteiger partial charge in [0.1, 0.15) is 17.5 Å². The van der Waals surface area contributed by atoms with E-state index in [0.29, 0.717) is 12.7 Å². The molecule has 1 aromatic carbocycles. The van der Waals surface area contributed by atoms with Crippen molar-refractivity contribution in [1.29, 1.82) is 0 Å². The Bertz CT molecular complexity index is 640. The molecule has 2 N–H and O–H groups in total. The van der Waals surface area contributed by atoms with E-state index in [9.17, 15) is 18.8 Å². The number of carbonyl (C=O) groups is 3. The molecule has 6 nitrogen and oxygen atoms in total. The van der Waals surface area contributed by atoms with Gasteiger partial charge in [0.05, 0.1) is 5.69 Å². The van der Waals surface area contributed by atoms with Crippen LogP contribution in [-0.2, 0) is 9.53 Å². The Morgan fingerprint density at radius 1 is 1.32 bits per heavy atom. The molecule has 1 aromatic rings. The summed E-state index contributed by atoms with van der Waals surface area (Å²) in [5.41, 5.74) is -0.489. The Balaban J connectivity index is 2.94. The van der Waals surface area contributed by atoms with Crippen molar-refractivity contribution in [1.82, 2.24) is 5.32 Å². The van der Waals surface area contributed by atoms with Gasteiger partial charge in [-0.3, -0.25) is 9.59 Å². The molecule has 1 rings (SSSR count). The highest BCUT2D eigenvalue weighted by molar-refractivity contribution is 6.00. The normalized spacial score (nSPS) is 13.5. The Kier molecular flexibility index (Phi) is 7.09. The quantitative estimate of drug-likeness (QED) is 0.767. The molecular formula is C18H25FN2O4. The lowest BCUT2D eigenvalue weighted by Gasteiger charge is -2.26. The first-order valence-electron chi connectivity index (χ1n) is 8.12. The molecule has 2 amide bonds. The van der Waals surface area contributed by atoms with E-state index in [1.165, 1.54) is 6.07 Å². The molecule has 0 aliphatic heterocycles. The van der Waals surface area contributed by atoms with Gasteiger partial charge in [0.2, 0.25) is 5.91 Å². The fourth-order valence-corrected chi connectivity index (χ4v) is 2.09. The average molecular weight is 352 g/mol. The number of anilines is 1. The first-order valence-corrected chi connectivity index (χ1v) is 8.12. The molecule has 0 heterocycles. The summed E-state index contributed by atoms with van der Waals surface area (Å²) in [5.74, 6) is -1.26. The van der Waals surface area contributed by atoms with Crippen LogP contribution in [0.1, 0.15) is 51.4 Å². The fourth-order valence-electron chi connectivity index (χ4n) is 2.09. The molecule has 0 aromatic heterocycles. The third-order valence-corrected chi connectivity index (χ3v) is 3.57. The highest BCUT2D eigenvalue weighted by atomic mass is 19.1. The van der Waals surface area contributed by atoms with Crippen LogP contribution in [0.2, 0.25) is 0 Å². The molecule has 0 fully saturated rings. The summed E-state index contributed by atoms with van der Waals surface area (Å²) in [7, 11) is 0. The number of ether oxygens (including phenoxy) is 1. The number of hydrogen-bond acceptors (Lipinski definition) is 4. The van der Waals surface area contributed by atoms with Crippen LogP contribution in [0.5, 0.6) is 0 Å². The van der Waals surface area contributed by atoms with Crippen molar-refractivity contribution in [2.24, 2.45) is 5.92 Å². The lowest BCUT2D eigenvalue weighted by Crippen LogP contribution is -2.49. The van der Waals surface area contributed by atoms with E-state index in [4.69, 9.17) is 4.74 Å². The Morgan fingerprint density at radius 3 is 2.48 bits per heavy atom. The summed E-state index contributed by atoms with van der Waals surface area (Å²) in [6, 6.07) is 2.62. The third-order valence-electron chi connectivity index (χ3n) is 3.57. The number of carbonyl (C=O) groups excluding carboxylic acids is 3. The number of benzene rings is 1. The standard InChI is InChI=1S/C18H25FN2O4/c1-6-11(2)15(21-17(24)25-18(3,4)5)16(23)20-14-8-7-13(19)9-12(14)10-22/h7-11,15H,6H2,1-5H3,(H,20,23)(H,21,24)/t11-,15-/m0/s1. The van der Waals surface area contributed by atoms with Gasteiger partial charge in [-0.15, -0.1) is 0 Å². The van der Waals surface area contributed by atoms with E-state index >= 15 is 0 Å². The van der Waals surface area contributed by atoms with Gasteiger partial charge in [-0.05, 0) is 44.9 Å². The highest BCUT2D eigenvalue weighted by Crippen LogP contribution is 2.18. The molecule has 138 valence electrons. The number of nitrogens with one attached hydrogen (secondary N) is 2. The van der Waals surface area contributed by atoms with Crippen molar-refractivity contribution >= 4 is 24.0 Å². The topological polar surface area (TPSA) is 84.5 Å². The lowest BCUT2D eigenvalue weighted by molar-refractivity contribution is -0.119. The smallest absolute Gasteiger partial charge is 0.408 e. The Labute approximate surface area is 147 Å². The summed E-state index contributed by atoms with van der Waals surface area (Å²) in [6.45, 7) is 8.86. The van der Waals surface area contributed by atoms with Crippen molar-refractivity contribution in [3.8, 4) is 0 Å². The minimum absolute atomic E-state index is 0.0218. The average Bonchev–Trinajstić information content (AvgIpc) is 2.51. The zero-order valence-corrected chi connectivity index (χ0v) is 15.2. The van der Waals surface area contributed by atoms with Gasteiger partial charge in [-0.25, -0.2) is 9.18 Å². The van der Waals surface area contributed by atoms with Crippen molar-refractivity contribution in [3.63, 3.8) is 0 Å². The molecule has 2 atom stereocenters. The summed E-state index contributed by atoms with van der Waals surface area (Å²) < 4.78 is 18.4. The molecular weight excluding hydrogens is 327 g/mol. The molecule has 0 spiro atoms. The Morgan fingerprint density at radius 2 is 1.96 bits per heavy atom. The van der Waals surface area contributed by atoms with E-state index in [2.05, 4.69) is 10.6 Å². The van der Waals surface area contributed by atoms with Crippen molar-refractivity contribution < 1.29 is 23.5 Å². The van der Waals surface area contributed by atoms with E-state index in [1.54, 1.807) is 20.8 Å². The minimum atomic E-state index is -0.857. The number of aldehydes is 1. The first kappa shape index (κ1) is 20.6.